The van der Waals surface area contributed by atoms with Crippen molar-refractivity contribution in [2.45, 2.75) is 27.7 Å². The molecule has 35 heavy (non-hydrogen) atoms. The lowest BCUT2D eigenvalue weighted by Gasteiger charge is -2.11. The summed E-state index contributed by atoms with van der Waals surface area (Å²) in [5.74, 6) is 1.83. The summed E-state index contributed by atoms with van der Waals surface area (Å²) in [6.07, 6.45) is 8.23. The largest absolute Gasteiger partial charge is 0.455 e. The van der Waals surface area contributed by atoms with Crippen molar-refractivity contribution in [1.82, 2.24) is 29.7 Å². The number of pyridine rings is 2. The lowest BCUT2D eigenvalue weighted by atomic mass is 10.1. The van der Waals surface area contributed by atoms with E-state index in [0.717, 1.165) is 10.9 Å². The average molecular weight is 466 g/mol. The lowest BCUT2D eigenvalue weighted by Crippen LogP contribution is -2.15. The Morgan fingerprint density at radius 2 is 1.69 bits per heavy atom. The van der Waals surface area contributed by atoms with Crippen LogP contribution in [0.5, 0.6) is 11.5 Å². The van der Waals surface area contributed by atoms with E-state index in [9.17, 15) is 4.79 Å². The van der Waals surface area contributed by atoms with Crippen molar-refractivity contribution in [3.8, 4) is 17.3 Å². The molecule has 0 aliphatic heterocycles. The van der Waals surface area contributed by atoms with Crippen molar-refractivity contribution in [2.75, 3.05) is 5.32 Å². The predicted molar refractivity (Wildman–Crippen MR) is 132 cm³/mol. The molecule has 4 heterocycles. The molecule has 0 spiro atoms. The van der Waals surface area contributed by atoms with Crippen LogP contribution in [0.1, 0.15) is 32.9 Å². The monoisotopic (exact) mass is 465 g/mol. The number of anilines is 1. The molecular formula is C26H23N7O2. The van der Waals surface area contributed by atoms with Crippen molar-refractivity contribution >= 4 is 22.6 Å². The maximum absolute atomic E-state index is 12.8. The minimum Gasteiger partial charge on any atom is -0.455 e. The highest BCUT2D eigenvalue weighted by Crippen LogP contribution is 2.30. The van der Waals surface area contributed by atoms with E-state index in [4.69, 9.17) is 4.74 Å². The van der Waals surface area contributed by atoms with E-state index in [2.05, 4.69) is 50.3 Å². The van der Waals surface area contributed by atoms with Gasteiger partial charge in [-0.2, -0.15) is 5.10 Å². The summed E-state index contributed by atoms with van der Waals surface area (Å²) in [6.45, 7) is 7.77. The van der Waals surface area contributed by atoms with Gasteiger partial charge in [0.1, 0.15) is 17.3 Å². The number of aromatic nitrogens is 6. The third kappa shape index (κ3) is 4.43. The molecule has 1 amide bonds. The first-order valence-electron chi connectivity index (χ1n) is 11.0. The third-order valence-corrected chi connectivity index (χ3v) is 5.71. The number of fused-ring (bicyclic) bond motifs is 1. The number of carbonyl (C=O) groups is 1. The fourth-order valence-corrected chi connectivity index (χ4v) is 3.70. The molecule has 1 N–H and O–H groups in total. The van der Waals surface area contributed by atoms with Gasteiger partial charge in [-0.3, -0.25) is 14.8 Å². The van der Waals surface area contributed by atoms with Gasteiger partial charge >= 0.3 is 0 Å². The average Bonchev–Trinajstić information content (AvgIpc) is 3.23. The van der Waals surface area contributed by atoms with Crippen LogP contribution in [-0.2, 0) is 0 Å². The van der Waals surface area contributed by atoms with Crippen LogP contribution >= 0.6 is 0 Å². The quantitative estimate of drug-likeness (QED) is 0.394. The summed E-state index contributed by atoms with van der Waals surface area (Å²) in [5.41, 5.74) is 4.92. The summed E-state index contributed by atoms with van der Waals surface area (Å²) in [5, 5.41) is 8.11. The summed E-state index contributed by atoms with van der Waals surface area (Å²) in [6, 6.07) is 9.38. The first-order chi connectivity index (χ1) is 16.9. The van der Waals surface area contributed by atoms with Crippen molar-refractivity contribution < 1.29 is 9.53 Å². The number of hydrogen-bond donors (Lipinski definition) is 1. The zero-order valence-electron chi connectivity index (χ0n) is 19.8. The second-order valence-electron chi connectivity index (χ2n) is 8.27. The highest BCUT2D eigenvalue weighted by Gasteiger charge is 2.17. The number of aryl methyl sites for hydroxylation is 4. The number of nitrogens with zero attached hydrogens (tertiary/aromatic N) is 6. The van der Waals surface area contributed by atoms with Gasteiger partial charge in [-0.15, -0.1) is 0 Å². The van der Waals surface area contributed by atoms with E-state index in [1.807, 2.05) is 26.0 Å². The van der Waals surface area contributed by atoms with Crippen LogP contribution in [-0.4, -0.2) is 35.6 Å². The molecule has 0 atom stereocenters. The van der Waals surface area contributed by atoms with E-state index in [0.29, 0.717) is 34.4 Å². The van der Waals surface area contributed by atoms with Crippen LogP contribution in [0.4, 0.5) is 5.82 Å². The number of ether oxygens (including phenoxy) is 1. The van der Waals surface area contributed by atoms with Gasteiger partial charge in [-0.25, -0.2) is 14.6 Å². The molecule has 0 radical (unpaired) electrons. The molecule has 5 aromatic rings. The van der Waals surface area contributed by atoms with Crippen LogP contribution < -0.4 is 10.1 Å². The summed E-state index contributed by atoms with van der Waals surface area (Å²) in [7, 11) is 0. The Bertz CT molecular complexity index is 1560. The van der Waals surface area contributed by atoms with E-state index in [-0.39, 0.29) is 11.6 Å². The highest BCUT2D eigenvalue weighted by atomic mass is 16.5. The first-order valence-corrected chi connectivity index (χ1v) is 11.0. The van der Waals surface area contributed by atoms with Crippen LogP contribution in [0.15, 0.2) is 61.3 Å². The molecule has 0 aliphatic rings. The minimum atomic E-state index is -0.366. The van der Waals surface area contributed by atoms with Gasteiger partial charge in [-0.1, -0.05) is 0 Å². The zero-order valence-corrected chi connectivity index (χ0v) is 19.8. The van der Waals surface area contributed by atoms with E-state index in [1.54, 1.807) is 47.8 Å². The molecule has 0 bridgehead atoms. The van der Waals surface area contributed by atoms with Crippen molar-refractivity contribution in [1.29, 1.82) is 0 Å². The molecule has 4 aromatic heterocycles. The zero-order chi connectivity index (χ0) is 24.5. The molecule has 0 saturated heterocycles. The van der Waals surface area contributed by atoms with Gasteiger partial charge in [0.15, 0.2) is 11.5 Å². The Kier molecular flexibility index (Phi) is 5.66. The Morgan fingerprint density at radius 3 is 2.46 bits per heavy atom. The number of hydrogen-bond acceptors (Lipinski definition) is 7. The van der Waals surface area contributed by atoms with Crippen LogP contribution in [0.3, 0.4) is 0 Å². The Hall–Kier alpha value is -4.66. The summed E-state index contributed by atoms with van der Waals surface area (Å²) < 4.78 is 7.62. The summed E-state index contributed by atoms with van der Waals surface area (Å²) in [4.78, 5) is 30.1. The van der Waals surface area contributed by atoms with Gasteiger partial charge in [-0.05, 0) is 69.2 Å². The Morgan fingerprint density at radius 1 is 0.886 bits per heavy atom. The number of benzene rings is 1. The van der Waals surface area contributed by atoms with Crippen molar-refractivity contribution in [3.05, 3.63) is 89.4 Å². The number of carbonyl (C=O) groups excluding carboxylic acids is 1. The van der Waals surface area contributed by atoms with Gasteiger partial charge < -0.3 is 10.1 Å². The molecule has 0 unspecified atom stereocenters. The standard InChI is InChI=1S/C26H23N7O2/c1-15-11-20-21(12-16(15)2)28-8-7-22(20)35-19-5-6-23(30-13-19)31-26(34)24-17(3)14-33(32-24)25-18(4)27-9-10-29-25/h5-14H,1-4H3,(H,30,31,34). The molecule has 0 aliphatic carbocycles. The van der Waals surface area contributed by atoms with E-state index < -0.39 is 0 Å². The molecule has 174 valence electrons. The number of nitrogens with one attached hydrogen (secondary N) is 1. The number of amides is 1. The normalized spacial score (nSPS) is 11.0. The highest BCUT2D eigenvalue weighted by molar-refractivity contribution is 6.03. The van der Waals surface area contributed by atoms with Gasteiger partial charge in [0.05, 0.1) is 17.4 Å². The second-order valence-corrected chi connectivity index (χ2v) is 8.27. The topological polar surface area (TPSA) is 108 Å². The number of rotatable bonds is 5. The molecule has 9 heteroatoms. The SMILES string of the molecule is Cc1cc2nccc(Oc3ccc(NC(=O)c4nn(-c5nccnc5C)cc4C)nc3)c2cc1C. The van der Waals surface area contributed by atoms with E-state index in [1.165, 1.54) is 11.1 Å². The molecule has 0 saturated carbocycles. The molecule has 1 aromatic carbocycles. The fourth-order valence-electron chi connectivity index (χ4n) is 3.70. The third-order valence-electron chi connectivity index (χ3n) is 5.71. The molecule has 9 nitrogen and oxygen atoms in total. The molecular weight excluding hydrogens is 442 g/mol. The minimum absolute atomic E-state index is 0.283. The summed E-state index contributed by atoms with van der Waals surface area (Å²) >= 11 is 0. The maximum atomic E-state index is 12.8. The van der Waals surface area contributed by atoms with Crippen LogP contribution in [0, 0.1) is 27.7 Å². The van der Waals surface area contributed by atoms with Crippen LogP contribution in [0.25, 0.3) is 16.7 Å². The first kappa shape index (κ1) is 22.1. The van der Waals surface area contributed by atoms with Crippen LogP contribution in [0.2, 0.25) is 0 Å². The molecule has 0 fully saturated rings. The van der Waals surface area contributed by atoms with Crippen molar-refractivity contribution in [3.63, 3.8) is 0 Å². The smallest absolute Gasteiger partial charge is 0.277 e. The predicted octanol–water partition coefficient (Wildman–Crippen LogP) is 4.88. The van der Waals surface area contributed by atoms with Crippen molar-refractivity contribution in [2.24, 2.45) is 0 Å². The van der Waals surface area contributed by atoms with Gasteiger partial charge in [0, 0.05) is 35.7 Å². The maximum Gasteiger partial charge on any atom is 0.277 e. The lowest BCUT2D eigenvalue weighted by molar-refractivity contribution is 0.102. The van der Waals surface area contributed by atoms with Gasteiger partial charge in [0.25, 0.3) is 5.91 Å². The van der Waals surface area contributed by atoms with E-state index >= 15 is 0 Å². The second kappa shape index (κ2) is 8.94. The Labute approximate surface area is 201 Å². The van der Waals surface area contributed by atoms with Gasteiger partial charge in [0.2, 0.25) is 0 Å². The molecule has 5 rings (SSSR count). The Balaban J connectivity index is 1.32. The fraction of sp³-hybridized carbons (Fsp3) is 0.154.